The minimum absolute atomic E-state index is 0.197. The lowest BCUT2D eigenvalue weighted by molar-refractivity contribution is -0.180. The van der Waals surface area contributed by atoms with Gasteiger partial charge in [-0.25, -0.2) is 32.8 Å². The van der Waals surface area contributed by atoms with Crippen LogP contribution in [0.2, 0.25) is 0 Å². The standard InChI is InChI=1S/C25H29FN6O4S/c1-2-10-25(32(34)19-33,23-9-11-27-18-29-23)17-37(35,36)31-14-12-30(13-15-31)24-8-5-21(16-28-24)20-3-6-22(26)7-4-20/h3-9,11,16,18-19,34H,2,10,12-15,17H2,1H3. The molecule has 10 nitrogen and oxygen atoms in total. The molecule has 4 rings (SSSR count). The zero-order valence-electron chi connectivity index (χ0n) is 20.4. The first-order valence-electron chi connectivity index (χ1n) is 11.9. The molecule has 0 aliphatic carbocycles. The molecule has 1 fully saturated rings. The predicted molar refractivity (Wildman–Crippen MR) is 136 cm³/mol. The molecular formula is C25H29FN6O4S. The number of sulfonamides is 1. The van der Waals surface area contributed by atoms with Crippen LogP contribution in [-0.4, -0.2) is 76.3 Å². The molecule has 1 amide bonds. The SMILES string of the molecule is CCCC(CS(=O)(=O)N1CCN(c2ccc(-c3ccc(F)cc3)cn2)CC1)(c1ccncn1)N(O)C=O. The van der Waals surface area contributed by atoms with Crippen molar-refractivity contribution >= 4 is 22.3 Å². The van der Waals surface area contributed by atoms with Crippen LogP contribution in [0.4, 0.5) is 10.2 Å². The Morgan fingerprint density at radius 2 is 1.76 bits per heavy atom. The van der Waals surface area contributed by atoms with Crippen molar-refractivity contribution < 1.29 is 22.8 Å². The fraction of sp³-hybridized carbons (Fsp3) is 0.360. The second-order valence-corrected chi connectivity index (χ2v) is 10.8. The van der Waals surface area contributed by atoms with Crippen molar-refractivity contribution in [3.05, 3.63) is 72.7 Å². The molecule has 1 atom stereocenters. The van der Waals surface area contributed by atoms with Crippen molar-refractivity contribution in [2.45, 2.75) is 25.3 Å². The van der Waals surface area contributed by atoms with E-state index in [2.05, 4.69) is 15.0 Å². The fourth-order valence-electron chi connectivity index (χ4n) is 4.63. The second-order valence-electron chi connectivity index (χ2n) is 8.88. The predicted octanol–water partition coefficient (Wildman–Crippen LogP) is 2.67. The number of hydroxylamine groups is 2. The number of hydrogen-bond donors (Lipinski definition) is 1. The number of piperazine rings is 1. The molecule has 1 unspecified atom stereocenters. The number of aromatic nitrogens is 3. The van der Waals surface area contributed by atoms with Crippen molar-refractivity contribution in [2.75, 3.05) is 36.8 Å². The van der Waals surface area contributed by atoms with Gasteiger partial charge in [0.1, 0.15) is 23.5 Å². The maximum Gasteiger partial charge on any atom is 0.234 e. The molecule has 3 heterocycles. The number of hydrogen-bond acceptors (Lipinski definition) is 8. The van der Waals surface area contributed by atoms with Gasteiger partial charge in [-0.3, -0.25) is 10.0 Å². The Bertz CT molecular complexity index is 1290. The van der Waals surface area contributed by atoms with E-state index in [1.165, 1.54) is 35.0 Å². The molecule has 1 saturated heterocycles. The lowest BCUT2D eigenvalue weighted by Gasteiger charge is -2.40. The molecule has 196 valence electrons. The summed E-state index contributed by atoms with van der Waals surface area (Å²) in [6.07, 6.45) is 5.35. The number of nitrogens with zero attached hydrogens (tertiary/aromatic N) is 6. The number of amides is 1. The van der Waals surface area contributed by atoms with Gasteiger partial charge in [0, 0.05) is 44.1 Å². The summed E-state index contributed by atoms with van der Waals surface area (Å²) in [4.78, 5) is 26.1. The highest BCUT2D eigenvalue weighted by Crippen LogP contribution is 2.33. The summed E-state index contributed by atoms with van der Waals surface area (Å²) in [6, 6.07) is 11.4. The number of pyridine rings is 1. The first kappa shape index (κ1) is 26.6. The van der Waals surface area contributed by atoms with E-state index in [1.54, 1.807) is 18.3 Å². The summed E-state index contributed by atoms with van der Waals surface area (Å²) >= 11 is 0. The summed E-state index contributed by atoms with van der Waals surface area (Å²) < 4.78 is 41.6. The third-order valence-corrected chi connectivity index (χ3v) is 8.56. The normalized spacial score (nSPS) is 16.2. The van der Waals surface area contributed by atoms with E-state index in [9.17, 15) is 22.8 Å². The molecule has 0 spiro atoms. The summed E-state index contributed by atoms with van der Waals surface area (Å²) in [5, 5.41) is 10.9. The number of benzene rings is 1. The molecule has 37 heavy (non-hydrogen) atoms. The minimum Gasteiger partial charge on any atom is -0.354 e. The molecular weight excluding hydrogens is 499 g/mol. The molecule has 1 aliphatic rings. The van der Waals surface area contributed by atoms with Crippen molar-refractivity contribution in [1.82, 2.24) is 24.3 Å². The van der Waals surface area contributed by atoms with Gasteiger partial charge in [-0.1, -0.05) is 25.5 Å². The van der Waals surface area contributed by atoms with Gasteiger partial charge in [-0.05, 0) is 42.3 Å². The summed E-state index contributed by atoms with van der Waals surface area (Å²) in [5.74, 6) is -0.0975. The Morgan fingerprint density at radius 3 is 2.32 bits per heavy atom. The van der Waals surface area contributed by atoms with Crippen LogP contribution in [0.1, 0.15) is 25.5 Å². The van der Waals surface area contributed by atoms with E-state index in [0.29, 0.717) is 30.4 Å². The molecule has 1 aliphatic heterocycles. The highest BCUT2D eigenvalue weighted by atomic mass is 32.2. The summed E-state index contributed by atoms with van der Waals surface area (Å²) in [6.45, 7) is 3.14. The van der Waals surface area contributed by atoms with E-state index in [4.69, 9.17) is 0 Å². The average molecular weight is 529 g/mol. The van der Waals surface area contributed by atoms with Gasteiger partial charge >= 0.3 is 0 Å². The molecule has 1 aromatic carbocycles. The lowest BCUT2D eigenvalue weighted by Crippen LogP contribution is -2.55. The maximum absolute atomic E-state index is 13.5. The van der Waals surface area contributed by atoms with Crippen molar-refractivity contribution in [2.24, 2.45) is 0 Å². The van der Waals surface area contributed by atoms with Crippen LogP contribution >= 0.6 is 0 Å². The first-order chi connectivity index (χ1) is 17.8. The van der Waals surface area contributed by atoms with Crippen molar-refractivity contribution in [1.29, 1.82) is 0 Å². The van der Waals surface area contributed by atoms with Crippen LogP contribution < -0.4 is 4.90 Å². The summed E-state index contributed by atoms with van der Waals surface area (Å²) in [5.41, 5.74) is 0.425. The number of rotatable bonds is 10. The van der Waals surface area contributed by atoms with Crippen LogP contribution in [0.5, 0.6) is 0 Å². The Hall–Kier alpha value is -3.48. The number of carbonyl (C=O) groups is 1. The van der Waals surface area contributed by atoms with E-state index in [-0.39, 0.29) is 37.4 Å². The smallest absolute Gasteiger partial charge is 0.234 e. The van der Waals surface area contributed by atoms with E-state index in [1.807, 2.05) is 24.0 Å². The third-order valence-electron chi connectivity index (χ3n) is 6.56. The van der Waals surface area contributed by atoms with E-state index in [0.717, 1.165) is 11.1 Å². The van der Waals surface area contributed by atoms with Crippen molar-refractivity contribution in [3.8, 4) is 11.1 Å². The van der Waals surface area contributed by atoms with Gasteiger partial charge in [0.05, 0.1) is 11.4 Å². The van der Waals surface area contributed by atoms with Crippen LogP contribution in [0.3, 0.4) is 0 Å². The van der Waals surface area contributed by atoms with Gasteiger partial charge in [-0.15, -0.1) is 0 Å². The van der Waals surface area contributed by atoms with Gasteiger partial charge in [0.2, 0.25) is 16.4 Å². The average Bonchev–Trinajstić information content (AvgIpc) is 2.93. The lowest BCUT2D eigenvalue weighted by atomic mass is 9.91. The molecule has 0 bridgehead atoms. The van der Waals surface area contributed by atoms with Crippen LogP contribution in [0.25, 0.3) is 11.1 Å². The van der Waals surface area contributed by atoms with Crippen LogP contribution in [0, 0.1) is 5.82 Å². The Balaban J connectivity index is 1.47. The Labute approximate surface area is 215 Å². The number of carbonyl (C=O) groups excluding carboxylic acids is 1. The van der Waals surface area contributed by atoms with Crippen molar-refractivity contribution in [3.63, 3.8) is 0 Å². The Kier molecular flexibility index (Phi) is 8.10. The fourth-order valence-corrected chi connectivity index (χ4v) is 6.56. The minimum atomic E-state index is -3.88. The van der Waals surface area contributed by atoms with Crippen LogP contribution in [-0.2, 0) is 20.4 Å². The molecule has 0 saturated carbocycles. The molecule has 12 heteroatoms. The van der Waals surface area contributed by atoms with Gasteiger partial charge in [0.25, 0.3) is 0 Å². The molecule has 1 N–H and O–H groups in total. The maximum atomic E-state index is 13.5. The zero-order chi connectivity index (χ0) is 26.5. The van der Waals surface area contributed by atoms with Gasteiger partial charge in [-0.2, -0.15) is 4.31 Å². The summed E-state index contributed by atoms with van der Waals surface area (Å²) in [7, 11) is -3.88. The quantitative estimate of drug-likeness (QED) is 0.242. The van der Waals surface area contributed by atoms with E-state index < -0.39 is 21.3 Å². The monoisotopic (exact) mass is 528 g/mol. The third kappa shape index (κ3) is 5.76. The Morgan fingerprint density at radius 1 is 1.05 bits per heavy atom. The molecule has 2 aromatic heterocycles. The van der Waals surface area contributed by atoms with E-state index >= 15 is 0 Å². The molecule has 0 radical (unpaired) electrons. The zero-order valence-corrected chi connectivity index (χ0v) is 21.3. The van der Waals surface area contributed by atoms with Gasteiger partial charge < -0.3 is 4.90 Å². The topological polar surface area (TPSA) is 120 Å². The second kappa shape index (κ2) is 11.3. The number of anilines is 1. The van der Waals surface area contributed by atoms with Gasteiger partial charge in [0.15, 0.2) is 0 Å². The number of halogens is 1. The highest BCUT2D eigenvalue weighted by molar-refractivity contribution is 7.89. The molecule has 3 aromatic rings. The largest absolute Gasteiger partial charge is 0.354 e. The highest BCUT2D eigenvalue weighted by Gasteiger charge is 2.45. The first-order valence-corrected chi connectivity index (χ1v) is 13.5. The van der Waals surface area contributed by atoms with Crippen LogP contribution in [0.15, 0.2) is 61.2 Å².